The Morgan fingerprint density at radius 1 is 1.05 bits per heavy atom. The first-order valence-corrected chi connectivity index (χ1v) is 16.3. The Morgan fingerprint density at radius 2 is 1.62 bits per heavy atom. The summed E-state index contributed by atoms with van der Waals surface area (Å²) in [6.45, 7) is 4.01. The fraction of sp³-hybridized carbons (Fsp3) is 0.625. The van der Waals surface area contributed by atoms with E-state index in [-0.39, 0.29) is 6.42 Å². The van der Waals surface area contributed by atoms with Gasteiger partial charge < -0.3 is 39.6 Å². The summed E-state index contributed by atoms with van der Waals surface area (Å²) in [6, 6.07) is 0. The van der Waals surface area contributed by atoms with Crippen LogP contribution >= 0.6 is 31.3 Å². The fourth-order valence-electron chi connectivity index (χ4n) is 3.29. The third-order valence-electron chi connectivity index (χ3n) is 4.83. The summed E-state index contributed by atoms with van der Waals surface area (Å²) in [5.41, 5.74) is -1.49. The molecule has 1 fully saturated rings. The van der Waals surface area contributed by atoms with Gasteiger partial charge in [0.1, 0.15) is 11.7 Å². The maximum Gasteiger partial charge on any atom is 0.490 e. The van der Waals surface area contributed by atoms with Crippen LogP contribution in [0.2, 0.25) is 0 Å². The van der Waals surface area contributed by atoms with Gasteiger partial charge in [-0.05, 0) is 24.0 Å². The lowest BCUT2D eigenvalue weighted by molar-refractivity contribution is -0.130. The molecule has 37 heavy (non-hydrogen) atoms. The number of aliphatic hydroxyl groups excluding tert-OH is 2. The first kappa shape index (κ1) is 32.8. The highest BCUT2D eigenvalue weighted by atomic mass is 31.3. The Balaban J connectivity index is 2.20. The number of phosphoric acid groups is 4. The van der Waals surface area contributed by atoms with Crippen LogP contribution in [0.1, 0.15) is 26.2 Å². The van der Waals surface area contributed by atoms with Crippen molar-refractivity contribution in [3.05, 3.63) is 36.0 Å². The molecule has 21 heteroatoms. The average molecular weight is 616 g/mol. The second-order valence-electron chi connectivity index (χ2n) is 7.77. The van der Waals surface area contributed by atoms with Crippen molar-refractivity contribution >= 4 is 31.3 Å². The van der Waals surface area contributed by atoms with E-state index < -0.39 is 75.0 Å². The molecule has 17 nitrogen and oxygen atoms in total. The van der Waals surface area contributed by atoms with Gasteiger partial charge in [-0.1, -0.05) is 31.7 Å². The van der Waals surface area contributed by atoms with Crippen LogP contribution in [0.5, 0.6) is 0 Å². The summed E-state index contributed by atoms with van der Waals surface area (Å²) in [5.74, 6) is 0. The van der Waals surface area contributed by atoms with Crippen molar-refractivity contribution in [3.63, 3.8) is 0 Å². The molecule has 0 bridgehead atoms. The first-order valence-electron chi connectivity index (χ1n) is 10.3. The minimum Gasteiger partial charge on any atom is -0.394 e. The minimum absolute atomic E-state index is 0.180. The van der Waals surface area contributed by atoms with Crippen molar-refractivity contribution < 1.29 is 79.9 Å². The van der Waals surface area contributed by atoms with Crippen LogP contribution in [0.25, 0.3) is 0 Å². The predicted octanol–water partition coefficient (Wildman–Crippen LogP) is 1.52. The summed E-state index contributed by atoms with van der Waals surface area (Å²) in [4.78, 5) is 38.5. The molecule has 2 aliphatic rings. The molecule has 1 heterocycles. The third kappa shape index (κ3) is 9.35. The van der Waals surface area contributed by atoms with Crippen molar-refractivity contribution in [2.45, 2.75) is 50.3 Å². The Kier molecular flexibility index (Phi) is 11.0. The highest BCUT2D eigenvalue weighted by Crippen LogP contribution is 2.72. The number of allylic oxidation sites excluding steroid dienone is 4. The van der Waals surface area contributed by atoms with Crippen LogP contribution in [0.15, 0.2) is 36.0 Å². The summed E-state index contributed by atoms with van der Waals surface area (Å²) in [6.07, 6.45) is -0.877. The molecule has 0 aromatic rings. The number of rotatable bonds is 14. The van der Waals surface area contributed by atoms with Crippen LogP contribution < -0.4 is 0 Å². The van der Waals surface area contributed by atoms with Crippen molar-refractivity contribution in [1.29, 1.82) is 0 Å². The van der Waals surface area contributed by atoms with Gasteiger partial charge in [0.2, 0.25) is 0 Å². The van der Waals surface area contributed by atoms with E-state index >= 15 is 0 Å². The molecule has 1 aliphatic carbocycles. The molecule has 7 N–H and O–H groups in total. The topological polar surface area (TPSA) is 265 Å². The zero-order valence-electron chi connectivity index (χ0n) is 19.2. The lowest BCUT2D eigenvalue weighted by Gasteiger charge is -2.34. The van der Waals surface area contributed by atoms with Gasteiger partial charge in [-0.15, -0.1) is 0 Å². The molecule has 0 amide bonds. The molecule has 5 unspecified atom stereocenters. The van der Waals surface area contributed by atoms with E-state index in [0.29, 0.717) is 17.6 Å². The number of phosphoric ester groups is 2. The van der Waals surface area contributed by atoms with E-state index in [0.717, 1.165) is 0 Å². The lowest BCUT2D eigenvalue weighted by Crippen LogP contribution is -2.50. The van der Waals surface area contributed by atoms with Crippen molar-refractivity contribution in [1.82, 2.24) is 0 Å². The fourth-order valence-corrected chi connectivity index (χ4v) is 8.53. The number of ether oxygens (including phenoxy) is 1. The van der Waals surface area contributed by atoms with Gasteiger partial charge in [-0.2, -0.15) is 12.9 Å². The van der Waals surface area contributed by atoms with Gasteiger partial charge in [-0.3, -0.25) is 9.05 Å². The number of hydrogen-bond acceptors (Lipinski definition) is 13. The van der Waals surface area contributed by atoms with Crippen molar-refractivity contribution in [2.75, 3.05) is 13.2 Å². The molecule has 1 aliphatic heterocycles. The molecule has 0 aromatic carbocycles. The predicted molar refractivity (Wildman–Crippen MR) is 122 cm³/mol. The Morgan fingerprint density at radius 3 is 2.16 bits per heavy atom. The maximum absolute atomic E-state index is 12.5. The van der Waals surface area contributed by atoms with E-state index in [4.69, 9.17) is 4.74 Å². The summed E-state index contributed by atoms with van der Waals surface area (Å²) in [7, 11) is -23.1. The van der Waals surface area contributed by atoms with Gasteiger partial charge >= 0.3 is 31.3 Å². The second kappa shape index (κ2) is 12.4. The lowest BCUT2D eigenvalue weighted by atomic mass is 9.82. The van der Waals surface area contributed by atoms with Crippen LogP contribution in [0.4, 0.5) is 0 Å². The Labute approximate surface area is 211 Å². The van der Waals surface area contributed by atoms with E-state index in [1.165, 1.54) is 13.0 Å². The first-order chi connectivity index (χ1) is 16.9. The molecule has 2 rings (SSSR count). The summed E-state index contributed by atoms with van der Waals surface area (Å²) in [5, 5.41) is 31.0. The molecule has 0 saturated carbocycles. The monoisotopic (exact) mass is 616 g/mol. The van der Waals surface area contributed by atoms with E-state index in [9.17, 15) is 53.2 Å². The Bertz CT molecular complexity index is 1100. The molecule has 1 saturated heterocycles. The number of aliphatic hydroxyl groups is 3. The molecule has 0 radical (unpaired) electrons. The third-order valence-corrected chi connectivity index (χ3v) is 10.8. The summed E-state index contributed by atoms with van der Waals surface area (Å²) >= 11 is 0. The quantitative estimate of drug-likeness (QED) is 0.136. The molecule has 8 atom stereocenters. The Hall–Kier alpha value is -0.380. The van der Waals surface area contributed by atoms with Crippen LogP contribution in [-0.2, 0) is 45.0 Å². The van der Waals surface area contributed by atoms with Gasteiger partial charge in [0.15, 0.2) is 12.4 Å². The van der Waals surface area contributed by atoms with Gasteiger partial charge in [0, 0.05) is 6.42 Å². The highest BCUT2D eigenvalue weighted by molar-refractivity contribution is 7.69. The molecule has 0 spiro atoms. The normalized spacial score (nSPS) is 32.7. The van der Waals surface area contributed by atoms with Gasteiger partial charge in [-0.25, -0.2) is 18.3 Å². The maximum atomic E-state index is 12.5. The largest absolute Gasteiger partial charge is 0.490 e. The average Bonchev–Trinajstić information content (AvgIpc) is 2.95. The zero-order valence-corrected chi connectivity index (χ0v) is 22.8. The smallest absolute Gasteiger partial charge is 0.394 e. The van der Waals surface area contributed by atoms with Crippen LogP contribution in [-0.4, -0.2) is 72.2 Å². The standard InChI is InChI=1S/C16H28O17P4/c1-3-8-28-34(20,21)31-36(24,25)33-37(26,27)32-35(22,23)30-14-15(18)29-13(10-17)16(14,19)9-12-7-5-4-6-11(12)2/h4-5,7,13-15,17-19H,2-3,6,8-10H2,1H3,(H,20,21)(H,22,23)(H,24,25)(H,26,27)/t13-,14+,15?,16-/m1/s1. The number of hydrogen-bond donors (Lipinski definition) is 7. The minimum atomic E-state index is -6.08. The van der Waals surface area contributed by atoms with E-state index in [1.807, 2.05) is 0 Å². The molecule has 214 valence electrons. The van der Waals surface area contributed by atoms with E-state index in [2.05, 4.69) is 28.6 Å². The van der Waals surface area contributed by atoms with Crippen LogP contribution in [0, 0.1) is 0 Å². The van der Waals surface area contributed by atoms with Gasteiger partial charge in [0.05, 0.1) is 13.2 Å². The molecular formula is C16H28O17P4. The zero-order chi connectivity index (χ0) is 28.3. The summed E-state index contributed by atoms with van der Waals surface area (Å²) < 4.78 is 73.4. The van der Waals surface area contributed by atoms with Crippen molar-refractivity contribution in [2.24, 2.45) is 0 Å². The second-order valence-corrected chi connectivity index (χ2v) is 13.9. The van der Waals surface area contributed by atoms with Crippen molar-refractivity contribution in [3.8, 4) is 0 Å². The van der Waals surface area contributed by atoms with E-state index in [1.54, 1.807) is 12.2 Å². The molecular weight excluding hydrogens is 588 g/mol. The SMILES string of the molecule is C=C1CC=CC=C1C[C@@]1(O)[C@@H](CO)OC(O)[C@@H]1OP(=O)(O)OP(=O)(O)OP(=O)(O)OP(=O)(O)OCCC. The van der Waals surface area contributed by atoms with Crippen LogP contribution in [0.3, 0.4) is 0 Å². The highest BCUT2D eigenvalue weighted by Gasteiger charge is 2.59. The molecule has 0 aromatic heterocycles. The van der Waals surface area contributed by atoms with Gasteiger partial charge in [0.25, 0.3) is 0 Å².